The van der Waals surface area contributed by atoms with Crippen LogP contribution in [0.5, 0.6) is 11.5 Å². The minimum atomic E-state index is -3.89. The minimum Gasteiger partial charge on any atom is -0.497 e. The first-order valence-corrected chi connectivity index (χ1v) is 11.9. The molecule has 0 radical (unpaired) electrons. The van der Waals surface area contributed by atoms with Crippen molar-refractivity contribution in [3.8, 4) is 11.5 Å². The fourth-order valence-electron chi connectivity index (χ4n) is 3.34. The van der Waals surface area contributed by atoms with Gasteiger partial charge in [0, 0.05) is 18.7 Å². The number of benzene rings is 3. The largest absolute Gasteiger partial charge is 0.497 e. The van der Waals surface area contributed by atoms with Crippen LogP contribution < -0.4 is 14.8 Å². The van der Waals surface area contributed by atoms with Crippen LogP contribution in [-0.4, -0.2) is 45.9 Å². The molecule has 3 aromatic carbocycles. The van der Waals surface area contributed by atoms with Crippen LogP contribution in [0.2, 0.25) is 0 Å². The smallest absolute Gasteiger partial charge is 0.243 e. The molecule has 0 fully saturated rings. The van der Waals surface area contributed by atoms with E-state index in [1.165, 1.54) is 23.5 Å². The minimum absolute atomic E-state index is 0.105. The van der Waals surface area contributed by atoms with Gasteiger partial charge in [-0.15, -0.1) is 0 Å². The molecule has 1 N–H and O–H groups in total. The highest BCUT2D eigenvalue weighted by Gasteiger charge is 2.26. The highest BCUT2D eigenvalue weighted by atomic mass is 32.2. The number of nitrogens with zero attached hydrogens (tertiary/aromatic N) is 1. The van der Waals surface area contributed by atoms with Crippen LogP contribution in [0, 0.1) is 0 Å². The molecular formula is C25H28N2O5S. The van der Waals surface area contributed by atoms with Crippen LogP contribution in [0.25, 0.3) is 0 Å². The van der Waals surface area contributed by atoms with Crippen LogP contribution >= 0.6 is 0 Å². The molecule has 0 saturated carbocycles. The average molecular weight is 469 g/mol. The van der Waals surface area contributed by atoms with Gasteiger partial charge < -0.3 is 14.8 Å². The van der Waals surface area contributed by atoms with Crippen molar-refractivity contribution in [3.05, 3.63) is 90.0 Å². The van der Waals surface area contributed by atoms with E-state index in [2.05, 4.69) is 5.32 Å². The van der Waals surface area contributed by atoms with Gasteiger partial charge in [0.25, 0.3) is 0 Å². The predicted molar refractivity (Wildman–Crippen MR) is 127 cm³/mol. The van der Waals surface area contributed by atoms with E-state index in [-0.39, 0.29) is 24.5 Å². The third kappa shape index (κ3) is 6.57. The van der Waals surface area contributed by atoms with E-state index in [9.17, 15) is 13.2 Å². The van der Waals surface area contributed by atoms with E-state index in [1.807, 2.05) is 54.6 Å². The topological polar surface area (TPSA) is 84.9 Å². The lowest BCUT2D eigenvalue weighted by molar-refractivity contribution is -0.121. The summed E-state index contributed by atoms with van der Waals surface area (Å²) in [7, 11) is -0.816. The summed E-state index contributed by atoms with van der Waals surface area (Å²) in [4.78, 5) is 12.8. The Labute approximate surface area is 195 Å². The van der Waals surface area contributed by atoms with Gasteiger partial charge in [-0.2, -0.15) is 4.31 Å². The van der Waals surface area contributed by atoms with Crippen molar-refractivity contribution >= 4 is 15.9 Å². The maximum Gasteiger partial charge on any atom is 0.243 e. The Morgan fingerprint density at radius 1 is 0.879 bits per heavy atom. The number of sulfonamides is 1. The van der Waals surface area contributed by atoms with Gasteiger partial charge in [-0.1, -0.05) is 48.5 Å². The first-order chi connectivity index (χ1) is 15.9. The highest BCUT2D eigenvalue weighted by molar-refractivity contribution is 7.89. The second-order valence-corrected chi connectivity index (χ2v) is 9.28. The fraction of sp³-hybridized carbons (Fsp3) is 0.240. The van der Waals surface area contributed by atoms with Crippen molar-refractivity contribution in [2.24, 2.45) is 0 Å². The quantitative estimate of drug-likeness (QED) is 0.467. The van der Waals surface area contributed by atoms with Crippen molar-refractivity contribution < 1.29 is 22.7 Å². The number of ether oxygens (including phenoxy) is 2. The molecular weight excluding hydrogens is 440 g/mol. The molecule has 0 bridgehead atoms. The molecule has 3 aromatic rings. The number of hydrogen-bond acceptors (Lipinski definition) is 5. The maximum atomic E-state index is 13.3. The summed E-state index contributed by atoms with van der Waals surface area (Å²) in [5.74, 6) is 0.815. The van der Waals surface area contributed by atoms with Gasteiger partial charge in [-0.25, -0.2) is 8.42 Å². The molecule has 0 aromatic heterocycles. The Balaban J connectivity index is 1.76. The lowest BCUT2D eigenvalue weighted by Crippen LogP contribution is -2.41. The van der Waals surface area contributed by atoms with Gasteiger partial charge in [-0.3, -0.25) is 4.79 Å². The molecule has 8 heteroatoms. The summed E-state index contributed by atoms with van der Waals surface area (Å²) in [6.07, 6.45) is 0.482. The van der Waals surface area contributed by atoms with Crippen LogP contribution in [0.1, 0.15) is 11.1 Å². The normalized spacial score (nSPS) is 11.2. The van der Waals surface area contributed by atoms with Crippen LogP contribution in [0.4, 0.5) is 0 Å². The van der Waals surface area contributed by atoms with Gasteiger partial charge in [0.2, 0.25) is 15.9 Å². The molecule has 0 aliphatic heterocycles. The third-order valence-corrected chi connectivity index (χ3v) is 7.04. The van der Waals surface area contributed by atoms with E-state index in [1.54, 1.807) is 19.2 Å². The zero-order valence-corrected chi connectivity index (χ0v) is 19.5. The van der Waals surface area contributed by atoms with E-state index >= 15 is 0 Å². The molecule has 0 unspecified atom stereocenters. The van der Waals surface area contributed by atoms with Crippen LogP contribution in [0.3, 0.4) is 0 Å². The Kier molecular flexibility index (Phi) is 8.46. The van der Waals surface area contributed by atoms with Crippen molar-refractivity contribution in [1.29, 1.82) is 0 Å². The number of rotatable bonds is 11. The first kappa shape index (κ1) is 24.3. The first-order valence-electron chi connectivity index (χ1n) is 10.5. The van der Waals surface area contributed by atoms with Gasteiger partial charge in [0.05, 0.1) is 25.7 Å². The zero-order valence-electron chi connectivity index (χ0n) is 18.7. The van der Waals surface area contributed by atoms with Gasteiger partial charge in [0.1, 0.15) is 11.5 Å². The van der Waals surface area contributed by atoms with Crippen LogP contribution in [0.15, 0.2) is 83.8 Å². The van der Waals surface area contributed by atoms with Crippen molar-refractivity contribution in [2.45, 2.75) is 17.9 Å². The molecule has 0 spiro atoms. The van der Waals surface area contributed by atoms with Gasteiger partial charge in [0.15, 0.2) is 0 Å². The summed E-state index contributed by atoms with van der Waals surface area (Å²) >= 11 is 0. The molecule has 174 valence electrons. The fourth-order valence-corrected chi connectivity index (χ4v) is 4.74. The number of methoxy groups -OCH3 is 2. The summed E-state index contributed by atoms with van der Waals surface area (Å²) < 4.78 is 38.3. The summed E-state index contributed by atoms with van der Waals surface area (Å²) in [5.41, 5.74) is 1.80. The number of carbonyl (C=O) groups is 1. The van der Waals surface area contributed by atoms with Gasteiger partial charge >= 0.3 is 0 Å². The molecule has 0 aliphatic rings. The summed E-state index contributed by atoms with van der Waals surface area (Å²) in [6.45, 7) is 0.106. The number of carbonyl (C=O) groups excluding carboxylic acids is 1. The van der Waals surface area contributed by atoms with E-state index in [0.717, 1.165) is 11.1 Å². The standard InChI is InChI=1S/C25H28N2O5S/c1-31-22-12-14-23(15-13-22)33(29,30)27(17-16-20-8-4-3-5-9-20)19-25(28)26-18-21-10-6-7-11-24(21)32-2/h3-15H,16-19H2,1-2H3,(H,26,28). The SMILES string of the molecule is COc1ccc(S(=O)(=O)N(CCc2ccccc2)CC(=O)NCc2ccccc2OC)cc1. The molecule has 0 atom stereocenters. The summed E-state index contributed by atoms with van der Waals surface area (Å²) in [6, 6.07) is 23.1. The lowest BCUT2D eigenvalue weighted by Gasteiger charge is -2.22. The molecule has 1 amide bonds. The van der Waals surface area contributed by atoms with Gasteiger partial charge in [-0.05, 0) is 42.3 Å². The Hall–Kier alpha value is -3.36. The van der Waals surface area contributed by atoms with E-state index in [4.69, 9.17) is 9.47 Å². The van der Waals surface area contributed by atoms with Crippen molar-refractivity contribution in [1.82, 2.24) is 9.62 Å². The number of amides is 1. The van der Waals surface area contributed by atoms with Crippen molar-refractivity contribution in [3.63, 3.8) is 0 Å². The Morgan fingerprint density at radius 3 is 2.21 bits per heavy atom. The van der Waals surface area contributed by atoms with E-state index < -0.39 is 15.9 Å². The second kappa shape index (κ2) is 11.5. The molecule has 33 heavy (non-hydrogen) atoms. The zero-order chi connectivity index (χ0) is 23.7. The van der Waals surface area contributed by atoms with Crippen molar-refractivity contribution in [2.75, 3.05) is 27.3 Å². The number of nitrogens with one attached hydrogen (secondary N) is 1. The molecule has 0 aliphatic carbocycles. The monoisotopic (exact) mass is 468 g/mol. The number of hydrogen-bond donors (Lipinski definition) is 1. The summed E-state index contributed by atoms with van der Waals surface area (Å²) in [5, 5.41) is 2.80. The maximum absolute atomic E-state index is 13.3. The average Bonchev–Trinajstić information content (AvgIpc) is 2.86. The second-order valence-electron chi connectivity index (χ2n) is 7.34. The number of para-hydroxylation sites is 1. The highest BCUT2D eigenvalue weighted by Crippen LogP contribution is 2.20. The Morgan fingerprint density at radius 2 is 1.55 bits per heavy atom. The molecule has 0 heterocycles. The Bertz CT molecular complexity index is 1150. The molecule has 0 saturated heterocycles. The van der Waals surface area contributed by atoms with E-state index in [0.29, 0.717) is 17.9 Å². The third-order valence-electron chi connectivity index (χ3n) is 5.18. The lowest BCUT2D eigenvalue weighted by atomic mass is 10.1. The molecule has 7 nitrogen and oxygen atoms in total. The van der Waals surface area contributed by atoms with Crippen LogP contribution in [-0.2, 0) is 27.8 Å². The molecule has 3 rings (SSSR count). The predicted octanol–water partition coefficient (Wildman–Crippen LogP) is 3.25.